The summed E-state index contributed by atoms with van der Waals surface area (Å²) in [5.41, 5.74) is 10.3. The lowest BCUT2D eigenvalue weighted by Crippen LogP contribution is -2.07. The highest BCUT2D eigenvalue weighted by molar-refractivity contribution is 6.09. The van der Waals surface area contributed by atoms with Crippen LogP contribution in [0.1, 0.15) is 37.0 Å². The number of hydrogen-bond donors (Lipinski definition) is 2. The standard InChI is InChI=1S/C13H20BNO/c1-3-10-6-7-11(5-4-9(2)16)13(15)12(10)8-14/h6-7,9,16H,3-5,8,15H2,1-2H3. The van der Waals surface area contributed by atoms with Crippen molar-refractivity contribution in [2.75, 3.05) is 5.73 Å². The second kappa shape index (κ2) is 5.95. The molecule has 0 amide bonds. The lowest BCUT2D eigenvalue weighted by Gasteiger charge is -2.14. The molecule has 0 fully saturated rings. The summed E-state index contributed by atoms with van der Waals surface area (Å²) in [6.45, 7) is 3.89. The molecule has 0 spiro atoms. The van der Waals surface area contributed by atoms with E-state index in [4.69, 9.17) is 13.6 Å². The molecule has 0 aliphatic carbocycles. The van der Waals surface area contributed by atoms with Crippen molar-refractivity contribution in [3.63, 3.8) is 0 Å². The molecule has 1 rings (SSSR count). The molecule has 0 aromatic heterocycles. The highest BCUT2D eigenvalue weighted by Gasteiger charge is 2.08. The van der Waals surface area contributed by atoms with Crippen molar-refractivity contribution in [3.05, 3.63) is 28.8 Å². The molecule has 1 atom stereocenters. The summed E-state index contributed by atoms with van der Waals surface area (Å²) < 4.78 is 0. The van der Waals surface area contributed by atoms with E-state index in [9.17, 15) is 5.11 Å². The van der Waals surface area contributed by atoms with E-state index in [1.807, 2.05) is 0 Å². The summed E-state index contributed by atoms with van der Waals surface area (Å²) in [5.74, 6) is 0. The molecule has 3 N–H and O–H groups in total. The molecule has 0 heterocycles. The van der Waals surface area contributed by atoms with Crippen molar-refractivity contribution < 1.29 is 5.11 Å². The van der Waals surface area contributed by atoms with E-state index in [2.05, 4.69) is 19.1 Å². The van der Waals surface area contributed by atoms with Crippen LogP contribution in [-0.4, -0.2) is 19.1 Å². The Hall–Kier alpha value is -0.955. The average Bonchev–Trinajstić information content (AvgIpc) is 2.26. The Morgan fingerprint density at radius 3 is 2.50 bits per heavy atom. The predicted octanol–water partition coefficient (Wildman–Crippen LogP) is 1.81. The summed E-state index contributed by atoms with van der Waals surface area (Å²) in [4.78, 5) is 0. The molecule has 16 heavy (non-hydrogen) atoms. The molecular weight excluding hydrogens is 197 g/mol. The second-order valence-corrected chi connectivity index (χ2v) is 4.22. The van der Waals surface area contributed by atoms with Crippen LogP contribution in [0, 0.1) is 0 Å². The normalized spacial score (nSPS) is 12.7. The molecular formula is C13H20BNO. The van der Waals surface area contributed by atoms with Gasteiger partial charge in [0, 0.05) is 5.69 Å². The minimum Gasteiger partial charge on any atom is -0.398 e. The smallest absolute Gasteiger partial charge is 0.0717 e. The minimum atomic E-state index is -0.286. The molecule has 1 aromatic rings. The number of aliphatic hydroxyl groups excluding tert-OH is 1. The van der Waals surface area contributed by atoms with E-state index < -0.39 is 0 Å². The van der Waals surface area contributed by atoms with Crippen molar-refractivity contribution in [1.82, 2.24) is 0 Å². The van der Waals surface area contributed by atoms with E-state index in [-0.39, 0.29) is 6.10 Å². The van der Waals surface area contributed by atoms with Crippen LogP contribution in [0.4, 0.5) is 5.69 Å². The zero-order valence-electron chi connectivity index (χ0n) is 10.2. The van der Waals surface area contributed by atoms with Crippen molar-refractivity contribution in [2.45, 2.75) is 45.5 Å². The zero-order chi connectivity index (χ0) is 12.1. The van der Waals surface area contributed by atoms with Gasteiger partial charge in [0.05, 0.1) is 14.0 Å². The van der Waals surface area contributed by atoms with Gasteiger partial charge in [0.2, 0.25) is 0 Å². The molecule has 0 saturated carbocycles. The molecule has 0 aliphatic heterocycles. The summed E-state index contributed by atoms with van der Waals surface area (Å²) >= 11 is 0. The summed E-state index contributed by atoms with van der Waals surface area (Å²) in [5, 5.41) is 9.27. The average molecular weight is 217 g/mol. The Morgan fingerprint density at radius 2 is 2.00 bits per heavy atom. The number of rotatable bonds is 5. The Balaban J connectivity index is 2.95. The van der Waals surface area contributed by atoms with Gasteiger partial charge in [-0.25, -0.2) is 0 Å². The van der Waals surface area contributed by atoms with E-state index >= 15 is 0 Å². The topological polar surface area (TPSA) is 46.2 Å². The third kappa shape index (κ3) is 3.02. The fourth-order valence-corrected chi connectivity index (χ4v) is 1.91. The van der Waals surface area contributed by atoms with Gasteiger partial charge in [0.1, 0.15) is 0 Å². The minimum absolute atomic E-state index is 0.286. The SMILES string of the molecule is [B]Cc1c(CC)ccc(CCC(C)O)c1N. The zero-order valence-corrected chi connectivity index (χ0v) is 10.2. The van der Waals surface area contributed by atoms with Gasteiger partial charge in [-0.2, -0.15) is 0 Å². The van der Waals surface area contributed by atoms with Crippen molar-refractivity contribution in [3.8, 4) is 0 Å². The third-order valence-corrected chi connectivity index (χ3v) is 2.96. The van der Waals surface area contributed by atoms with Crippen molar-refractivity contribution in [2.24, 2.45) is 0 Å². The number of aliphatic hydroxyl groups is 1. The van der Waals surface area contributed by atoms with Crippen LogP contribution in [0.15, 0.2) is 12.1 Å². The molecule has 0 aliphatic rings. The van der Waals surface area contributed by atoms with Crippen molar-refractivity contribution >= 4 is 13.5 Å². The Bertz CT molecular complexity index is 350. The van der Waals surface area contributed by atoms with Gasteiger partial charge >= 0.3 is 0 Å². The number of nitrogen functional groups attached to an aromatic ring is 1. The van der Waals surface area contributed by atoms with Crippen LogP contribution in [-0.2, 0) is 19.2 Å². The Morgan fingerprint density at radius 1 is 1.38 bits per heavy atom. The maximum Gasteiger partial charge on any atom is 0.0717 e. The molecule has 86 valence electrons. The molecule has 2 nitrogen and oxygen atoms in total. The van der Waals surface area contributed by atoms with Crippen LogP contribution in [0.25, 0.3) is 0 Å². The van der Waals surface area contributed by atoms with Gasteiger partial charge in [-0.15, -0.1) is 0 Å². The second-order valence-electron chi connectivity index (χ2n) is 4.22. The third-order valence-electron chi connectivity index (χ3n) is 2.96. The first-order valence-electron chi connectivity index (χ1n) is 5.87. The van der Waals surface area contributed by atoms with Crippen molar-refractivity contribution in [1.29, 1.82) is 0 Å². The number of anilines is 1. The molecule has 0 saturated heterocycles. The Labute approximate surface area is 99.3 Å². The van der Waals surface area contributed by atoms with E-state index in [0.29, 0.717) is 6.32 Å². The summed E-state index contributed by atoms with van der Waals surface area (Å²) in [6.07, 6.45) is 2.69. The molecule has 2 radical (unpaired) electrons. The first-order chi connectivity index (χ1) is 7.60. The number of hydrogen-bond acceptors (Lipinski definition) is 2. The molecule has 1 unspecified atom stereocenters. The first-order valence-corrected chi connectivity index (χ1v) is 5.87. The van der Waals surface area contributed by atoms with E-state index in [1.54, 1.807) is 6.92 Å². The maximum absolute atomic E-state index is 9.27. The summed E-state index contributed by atoms with van der Waals surface area (Å²) in [6, 6.07) is 4.14. The largest absolute Gasteiger partial charge is 0.398 e. The van der Waals surface area contributed by atoms with Gasteiger partial charge in [-0.3, -0.25) is 0 Å². The Kier molecular flexibility index (Phi) is 4.87. The van der Waals surface area contributed by atoms with Crippen LogP contribution in [0.5, 0.6) is 0 Å². The van der Waals surface area contributed by atoms with E-state index in [0.717, 1.165) is 36.1 Å². The van der Waals surface area contributed by atoms with Gasteiger partial charge in [0.15, 0.2) is 0 Å². The lowest BCUT2D eigenvalue weighted by molar-refractivity contribution is 0.185. The molecule has 0 bridgehead atoms. The van der Waals surface area contributed by atoms with Crippen LogP contribution >= 0.6 is 0 Å². The van der Waals surface area contributed by atoms with Gasteiger partial charge in [-0.05, 0) is 42.9 Å². The fraction of sp³-hybridized carbons (Fsp3) is 0.538. The highest BCUT2D eigenvalue weighted by Crippen LogP contribution is 2.24. The number of nitrogens with two attached hydrogens (primary N) is 1. The predicted molar refractivity (Wildman–Crippen MR) is 69.7 cm³/mol. The maximum atomic E-state index is 9.27. The molecule has 1 aromatic carbocycles. The van der Waals surface area contributed by atoms with Gasteiger partial charge in [-0.1, -0.05) is 25.4 Å². The van der Waals surface area contributed by atoms with Gasteiger partial charge < -0.3 is 10.8 Å². The van der Waals surface area contributed by atoms with Crippen LogP contribution in [0.2, 0.25) is 0 Å². The fourth-order valence-electron chi connectivity index (χ4n) is 1.91. The highest BCUT2D eigenvalue weighted by atomic mass is 16.3. The quantitative estimate of drug-likeness (QED) is 0.583. The van der Waals surface area contributed by atoms with Crippen LogP contribution < -0.4 is 5.73 Å². The van der Waals surface area contributed by atoms with E-state index in [1.165, 1.54) is 5.56 Å². The summed E-state index contributed by atoms with van der Waals surface area (Å²) in [7, 11) is 5.72. The monoisotopic (exact) mass is 217 g/mol. The number of benzene rings is 1. The first kappa shape index (κ1) is 13.1. The number of aryl methyl sites for hydroxylation is 2. The molecule has 3 heteroatoms. The van der Waals surface area contributed by atoms with Crippen LogP contribution in [0.3, 0.4) is 0 Å². The lowest BCUT2D eigenvalue weighted by atomic mass is 9.88. The van der Waals surface area contributed by atoms with Gasteiger partial charge in [0.25, 0.3) is 0 Å².